The average molecular weight is 396 g/mol. The molecular formula is C17H21N3O4S2. The van der Waals surface area contributed by atoms with Gasteiger partial charge < -0.3 is 15.0 Å². The molecule has 0 bridgehead atoms. The van der Waals surface area contributed by atoms with Crippen molar-refractivity contribution in [3.8, 4) is 0 Å². The summed E-state index contributed by atoms with van der Waals surface area (Å²) in [5.41, 5.74) is 1.12. The Hall–Kier alpha value is -1.87. The van der Waals surface area contributed by atoms with Gasteiger partial charge in [0.1, 0.15) is 10.7 Å². The molecular weight excluding hydrogens is 374 g/mol. The van der Waals surface area contributed by atoms with E-state index in [4.69, 9.17) is 4.74 Å². The molecule has 9 heteroatoms. The molecule has 0 unspecified atom stereocenters. The predicted octanol–water partition coefficient (Wildman–Crippen LogP) is 1.78. The van der Waals surface area contributed by atoms with Crippen molar-refractivity contribution in [1.29, 1.82) is 0 Å². The summed E-state index contributed by atoms with van der Waals surface area (Å²) < 4.78 is 4.83. The minimum absolute atomic E-state index is 0.0602. The number of nitrogens with zero attached hydrogens (tertiary/aromatic N) is 1. The number of hydrogen-bond donors (Lipinski definition) is 2. The third kappa shape index (κ3) is 4.45. The van der Waals surface area contributed by atoms with Gasteiger partial charge in [-0.15, -0.1) is 11.3 Å². The molecule has 0 aromatic carbocycles. The van der Waals surface area contributed by atoms with E-state index in [0.29, 0.717) is 17.3 Å². The van der Waals surface area contributed by atoms with Gasteiger partial charge in [-0.3, -0.25) is 14.4 Å². The monoisotopic (exact) mass is 395 g/mol. The van der Waals surface area contributed by atoms with Crippen molar-refractivity contribution in [3.05, 3.63) is 26.6 Å². The first-order valence-corrected chi connectivity index (χ1v) is 10.5. The Morgan fingerprint density at radius 1 is 1.35 bits per heavy atom. The van der Waals surface area contributed by atoms with E-state index < -0.39 is 5.97 Å². The topological polar surface area (TPSA) is 101 Å². The molecule has 0 saturated heterocycles. The molecule has 0 fully saturated rings. The van der Waals surface area contributed by atoms with Crippen LogP contribution in [-0.4, -0.2) is 41.3 Å². The summed E-state index contributed by atoms with van der Waals surface area (Å²) in [6.07, 6.45) is 4.52. The summed E-state index contributed by atoms with van der Waals surface area (Å²) in [5, 5.41) is 3.14. The van der Waals surface area contributed by atoms with Gasteiger partial charge >= 0.3 is 5.97 Å². The number of ether oxygens (including phenoxy) is 1. The average Bonchev–Trinajstić information content (AvgIpc) is 3.02. The lowest BCUT2D eigenvalue weighted by Crippen LogP contribution is -2.25. The van der Waals surface area contributed by atoms with Crippen LogP contribution in [0.5, 0.6) is 0 Å². The normalized spacial score (nSPS) is 13.4. The third-order valence-electron chi connectivity index (χ3n) is 4.21. The number of amides is 1. The number of thioether (sulfide) groups is 1. The molecule has 0 radical (unpaired) electrons. The highest BCUT2D eigenvalue weighted by Crippen LogP contribution is 2.33. The van der Waals surface area contributed by atoms with Crippen LogP contribution >= 0.6 is 23.1 Å². The summed E-state index contributed by atoms with van der Waals surface area (Å²) >= 11 is 3.13. The lowest BCUT2D eigenvalue weighted by Gasteiger charge is -2.09. The zero-order chi connectivity index (χ0) is 18.5. The minimum atomic E-state index is -0.413. The zero-order valence-corrected chi connectivity index (χ0v) is 16.2. The molecule has 7 nitrogen and oxygen atoms in total. The van der Waals surface area contributed by atoms with Crippen molar-refractivity contribution in [3.63, 3.8) is 0 Å². The van der Waals surface area contributed by atoms with E-state index in [1.165, 1.54) is 35.7 Å². The summed E-state index contributed by atoms with van der Waals surface area (Å²) in [7, 11) is 1.49. The van der Waals surface area contributed by atoms with Gasteiger partial charge in [0.05, 0.1) is 17.6 Å². The highest BCUT2D eigenvalue weighted by molar-refractivity contribution is 7.98. The number of rotatable bonds is 7. The standard InChI is InChI=1S/C17H21N3O4S2/c1-18-13(21)8-24-14(22)6-7-25-9-12-19-16(23)15-10-4-2-3-5-11(10)26-17(15)20-12/h2-9H2,1H3,(H,18,21)(H,19,20,23). The number of likely N-dealkylation sites (N-methyl/N-ethyl adjacent to an activating group) is 1. The van der Waals surface area contributed by atoms with Crippen LogP contribution in [0.3, 0.4) is 0 Å². The molecule has 3 rings (SSSR count). The number of hydrogen-bond acceptors (Lipinski definition) is 7. The quantitative estimate of drug-likeness (QED) is 0.547. The maximum atomic E-state index is 12.4. The van der Waals surface area contributed by atoms with E-state index in [9.17, 15) is 14.4 Å². The Balaban J connectivity index is 1.54. The smallest absolute Gasteiger partial charge is 0.307 e. The molecule has 0 saturated carbocycles. The minimum Gasteiger partial charge on any atom is -0.456 e. The molecule has 0 spiro atoms. The van der Waals surface area contributed by atoms with Crippen molar-refractivity contribution in [2.75, 3.05) is 19.4 Å². The second-order valence-corrected chi connectivity index (χ2v) is 8.23. The van der Waals surface area contributed by atoms with Gasteiger partial charge in [0.15, 0.2) is 6.61 Å². The predicted molar refractivity (Wildman–Crippen MR) is 103 cm³/mol. The molecule has 0 atom stereocenters. The first-order valence-electron chi connectivity index (χ1n) is 8.56. The number of aromatic amines is 1. The van der Waals surface area contributed by atoms with Crippen LogP contribution in [-0.2, 0) is 32.9 Å². The first kappa shape index (κ1) is 18.9. The van der Waals surface area contributed by atoms with Crippen LogP contribution in [0.1, 0.15) is 35.5 Å². The molecule has 26 heavy (non-hydrogen) atoms. The van der Waals surface area contributed by atoms with Crippen LogP contribution in [0.15, 0.2) is 4.79 Å². The highest BCUT2D eigenvalue weighted by atomic mass is 32.2. The zero-order valence-electron chi connectivity index (χ0n) is 14.6. The number of aryl methyl sites for hydroxylation is 2. The van der Waals surface area contributed by atoms with Gasteiger partial charge in [0.25, 0.3) is 11.5 Å². The van der Waals surface area contributed by atoms with Crippen molar-refractivity contribution >= 4 is 45.2 Å². The highest BCUT2D eigenvalue weighted by Gasteiger charge is 2.19. The van der Waals surface area contributed by atoms with Gasteiger partial charge in [-0.2, -0.15) is 11.8 Å². The summed E-state index contributed by atoms with van der Waals surface area (Å²) in [6, 6.07) is 0. The molecule has 2 N–H and O–H groups in total. The maximum Gasteiger partial charge on any atom is 0.307 e. The number of esters is 1. The van der Waals surface area contributed by atoms with E-state index in [2.05, 4.69) is 15.3 Å². The molecule has 140 valence electrons. The van der Waals surface area contributed by atoms with Crippen molar-refractivity contribution in [2.24, 2.45) is 0 Å². The Labute approximate surface area is 158 Å². The SMILES string of the molecule is CNC(=O)COC(=O)CCSCc1nc2sc3c(c2c(=O)[nH]1)CCCC3. The fraction of sp³-hybridized carbons (Fsp3) is 0.529. The van der Waals surface area contributed by atoms with Crippen molar-refractivity contribution in [2.45, 2.75) is 37.9 Å². The third-order valence-corrected chi connectivity index (χ3v) is 6.36. The molecule has 1 aliphatic carbocycles. The van der Waals surface area contributed by atoms with Gasteiger partial charge in [-0.05, 0) is 31.2 Å². The lowest BCUT2D eigenvalue weighted by atomic mass is 9.97. The molecule has 2 heterocycles. The fourth-order valence-electron chi connectivity index (χ4n) is 2.89. The Morgan fingerprint density at radius 3 is 2.96 bits per heavy atom. The van der Waals surface area contributed by atoms with Gasteiger partial charge in [0, 0.05) is 17.7 Å². The second-order valence-electron chi connectivity index (χ2n) is 6.04. The number of H-pyrrole nitrogens is 1. The molecule has 1 aliphatic rings. The number of carbonyl (C=O) groups is 2. The van der Waals surface area contributed by atoms with Gasteiger partial charge in [-0.25, -0.2) is 4.98 Å². The van der Waals surface area contributed by atoms with Gasteiger partial charge in [0.2, 0.25) is 0 Å². The van der Waals surface area contributed by atoms with E-state index in [1.54, 1.807) is 11.3 Å². The van der Waals surface area contributed by atoms with Crippen LogP contribution in [0.4, 0.5) is 0 Å². The molecule has 2 aromatic rings. The molecule has 2 aromatic heterocycles. The van der Waals surface area contributed by atoms with Crippen molar-refractivity contribution < 1.29 is 14.3 Å². The van der Waals surface area contributed by atoms with Crippen LogP contribution in [0.25, 0.3) is 10.2 Å². The van der Waals surface area contributed by atoms with Crippen LogP contribution in [0.2, 0.25) is 0 Å². The molecule has 0 aliphatic heterocycles. The number of nitrogens with one attached hydrogen (secondary N) is 2. The number of thiophene rings is 1. The Kier molecular flexibility index (Phi) is 6.31. The number of aromatic nitrogens is 2. The van der Waals surface area contributed by atoms with Crippen LogP contribution in [0, 0.1) is 0 Å². The molecule has 1 amide bonds. The van der Waals surface area contributed by atoms with Crippen LogP contribution < -0.4 is 10.9 Å². The van der Waals surface area contributed by atoms with E-state index in [1.807, 2.05) is 0 Å². The van der Waals surface area contributed by atoms with E-state index >= 15 is 0 Å². The largest absolute Gasteiger partial charge is 0.456 e. The van der Waals surface area contributed by atoms with Gasteiger partial charge in [-0.1, -0.05) is 0 Å². The maximum absolute atomic E-state index is 12.4. The number of fused-ring (bicyclic) bond motifs is 3. The summed E-state index contributed by atoms with van der Waals surface area (Å²) in [4.78, 5) is 44.6. The van der Waals surface area contributed by atoms with E-state index in [0.717, 1.165) is 29.5 Å². The summed E-state index contributed by atoms with van der Waals surface area (Å²) in [6.45, 7) is -0.255. The second kappa shape index (κ2) is 8.68. The number of carbonyl (C=O) groups excluding carboxylic acids is 2. The van der Waals surface area contributed by atoms with E-state index in [-0.39, 0.29) is 24.5 Å². The first-order chi connectivity index (χ1) is 12.6. The fourth-order valence-corrected chi connectivity index (χ4v) is 4.96. The summed E-state index contributed by atoms with van der Waals surface area (Å²) in [5.74, 6) is 0.944. The Bertz CT molecular complexity index is 875. The Morgan fingerprint density at radius 2 is 2.15 bits per heavy atom. The van der Waals surface area contributed by atoms with Crippen molar-refractivity contribution in [1.82, 2.24) is 15.3 Å². The lowest BCUT2D eigenvalue weighted by molar-refractivity contribution is -0.147.